The lowest BCUT2D eigenvalue weighted by atomic mass is 10.1. The second-order valence-corrected chi connectivity index (χ2v) is 13.6. The summed E-state index contributed by atoms with van der Waals surface area (Å²) in [5.74, 6) is 0.153. The molecule has 2 aliphatic heterocycles. The van der Waals surface area contributed by atoms with Crippen LogP contribution in [0.15, 0.2) is 59.6 Å². The second kappa shape index (κ2) is 11.4. The van der Waals surface area contributed by atoms with Crippen molar-refractivity contribution in [3.63, 3.8) is 0 Å². The number of aliphatic imine (C=N–C) groups is 1. The first-order valence-corrected chi connectivity index (χ1v) is 15.2. The molecule has 0 aliphatic carbocycles. The number of amides is 2. The molecule has 0 aromatic heterocycles. The number of ether oxygens (including phenoxy) is 2. The molecule has 0 bridgehead atoms. The van der Waals surface area contributed by atoms with E-state index in [1.807, 2.05) is 66.4 Å². The van der Waals surface area contributed by atoms with Crippen molar-refractivity contribution < 1.29 is 27.5 Å². The van der Waals surface area contributed by atoms with Crippen LogP contribution in [0, 0.1) is 0 Å². The first kappa shape index (κ1) is 28.0. The smallest absolute Gasteiger partial charge is 0.408 e. The number of sulfone groups is 1. The quantitative estimate of drug-likeness (QED) is 0.545. The molecule has 4 rings (SSSR count). The molecule has 2 heterocycles. The van der Waals surface area contributed by atoms with Crippen LogP contribution in [-0.2, 0) is 25.8 Å². The van der Waals surface area contributed by atoms with Crippen molar-refractivity contribution in [1.82, 2.24) is 5.32 Å². The van der Waals surface area contributed by atoms with Crippen LogP contribution in [0.25, 0.3) is 0 Å². The Morgan fingerprint density at radius 1 is 1.11 bits per heavy atom. The maximum Gasteiger partial charge on any atom is 0.408 e. The van der Waals surface area contributed by atoms with Gasteiger partial charge in [-0.15, -0.1) is 0 Å². The molecule has 2 saturated heterocycles. The van der Waals surface area contributed by atoms with E-state index >= 15 is 0 Å². The lowest BCUT2D eigenvalue weighted by Crippen LogP contribution is -2.45. The molecule has 2 aromatic rings. The molecule has 2 fully saturated rings. The SMILES string of the molecule is CCOc1ccc(N2C(=NC(=O)[C@@H](Cc3ccccc3)NC(=O)OC(C)(C)C)S[C@H]3CS(=O)(=O)C[C@@H]32)cc1. The first-order valence-electron chi connectivity index (χ1n) is 12.5. The summed E-state index contributed by atoms with van der Waals surface area (Å²) >= 11 is 1.28. The van der Waals surface area contributed by atoms with E-state index in [0.717, 1.165) is 11.3 Å². The molecular weight excluding hydrogens is 526 g/mol. The van der Waals surface area contributed by atoms with Gasteiger partial charge in [-0.1, -0.05) is 42.1 Å². The lowest BCUT2D eigenvalue weighted by molar-refractivity contribution is -0.119. The summed E-state index contributed by atoms with van der Waals surface area (Å²) in [5, 5.41) is 2.84. The van der Waals surface area contributed by atoms with Crippen molar-refractivity contribution in [1.29, 1.82) is 0 Å². The fourth-order valence-electron chi connectivity index (χ4n) is 4.41. The van der Waals surface area contributed by atoms with Crippen LogP contribution in [0.3, 0.4) is 0 Å². The summed E-state index contributed by atoms with van der Waals surface area (Å²) in [6, 6.07) is 15.3. The molecule has 2 aromatic carbocycles. The van der Waals surface area contributed by atoms with E-state index in [2.05, 4.69) is 10.3 Å². The highest BCUT2D eigenvalue weighted by Crippen LogP contribution is 2.41. The molecule has 38 heavy (non-hydrogen) atoms. The van der Waals surface area contributed by atoms with Crippen molar-refractivity contribution >= 4 is 44.5 Å². The van der Waals surface area contributed by atoms with Crippen molar-refractivity contribution in [2.24, 2.45) is 4.99 Å². The van der Waals surface area contributed by atoms with Crippen LogP contribution in [0.5, 0.6) is 5.75 Å². The number of anilines is 1. The van der Waals surface area contributed by atoms with Crippen LogP contribution in [-0.4, -0.2) is 66.6 Å². The number of nitrogens with zero attached hydrogens (tertiary/aromatic N) is 2. The van der Waals surface area contributed by atoms with Gasteiger partial charge in [0.15, 0.2) is 15.0 Å². The van der Waals surface area contributed by atoms with Crippen molar-refractivity contribution in [3.05, 3.63) is 60.2 Å². The van der Waals surface area contributed by atoms with Crippen molar-refractivity contribution in [2.45, 2.75) is 57.1 Å². The normalized spacial score (nSPS) is 22.1. The Labute approximate surface area is 227 Å². The average molecular weight is 560 g/mol. The molecule has 204 valence electrons. The second-order valence-electron chi connectivity index (χ2n) is 10.2. The Bertz CT molecular complexity index is 1290. The average Bonchev–Trinajstić information content (AvgIpc) is 3.29. The number of hydrogen-bond acceptors (Lipinski definition) is 7. The highest BCUT2D eigenvalue weighted by atomic mass is 32.2. The lowest BCUT2D eigenvalue weighted by Gasteiger charge is -2.25. The zero-order chi connectivity index (χ0) is 27.5. The maximum atomic E-state index is 13.5. The van der Waals surface area contributed by atoms with Gasteiger partial charge in [-0.25, -0.2) is 13.2 Å². The van der Waals surface area contributed by atoms with Gasteiger partial charge >= 0.3 is 6.09 Å². The van der Waals surface area contributed by atoms with Gasteiger partial charge in [-0.3, -0.25) is 4.79 Å². The molecule has 3 atom stereocenters. The van der Waals surface area contributed by atoms with Gasteiger partial charge in [0.25, 0.3) is 5.91 Å². The monoisotopic (exact) mass is 559 g/mol. The third kappa shape index (κ3) is 7.08. The van der Waals surface area contributed by atoms with Crippen LogP contribution in [0.4, 0.5) is 10.5 Å². The number of carbonyl (C=O) groups excluding carboxylic acids is 2. The molecule has 0 spiro atoms. The Balaban J connectivity index is 1.64. The number of nitrogens with one attached hydrogen (secondary N) is 1. The minimum atomic E-state index is -3.21. The summed E-state index contributed by atoms with van der Waals surface area (Å²) in [6.45, 7) is 7.66. The molecule has 11 heteroatoms. The Morgan fingerprint density at radius 3 is 2.42 bits per heavy atom. The van der Waals surface area contributed by atoms with E-state index in [1.54, 1.807) is 20.8 Å². The molecule has 1 N–H and O–H groups in total. The van der Waals surface area contributed by atoms with Crippen LogP contribution in [0.2, 0.25) is 0 Å². The van der Waals surface area contributed by atoms with E-state index in [4.69, 9.17) is 9.47 Å². The summed E-state index contributed by atoms with van der Waals surface area (Å²) in [6.07, 6.45) is -0.484. The molecule has 9 nitrogen and oxygen atoms in total. The number of thioether (sulfide) groups is 1. The first-order chi connectivity index (χ1) is 17.9. The zero-order valence-electron chi connectivity index (χ0n) is 21.9. The summed E-state index contributed by atoms with van der Waals surface area (Å²) in [4.78, 5) is 32.4. The number of hydrogen-bond donors (Lipinski definition) is 1. The van der Waals surface area contributed by atoms with E-state index in [9.17, 15) is 18.0 Å². The van der Waals surface area contributed by atoms with Crippen molar-refractivity contribution in [2.75, 3.05) is 23.0 Å². The standard InChI is InChI=1S/C27H33N3O6S2/c1-5-35-20-13-11-19(12-14-20)30-22-16-38(33,34)17-23(22)37-25(30)29-24(31)21(15-18-9-7-6-8-10-18)28-26(32)36-27(2,3)4/h6-14,21-23H,5,15-17H2,1-4H3,(H,28,32)/t21-,22+,23+/m1/s1. The van der Waals surface area contributed by atoms with Gasteiger partial charge in [-0.05, 0) is 57.5 Å². The molecule has 0 unspecified atom stereocenters. The van der Waals surface area contributed by atoms with Crippen LogP contribution < -0.4 is 15.0 Å². The summed E-state index contributed by atoms with van der Waals surface area (Å²) in [5.41, 5.74) is 0.842. The Morgan fingerprint density at radius 2 is 1.79 bits per heavy atom. The van der Waals surface area contributed by atoms with Gasteiger partial charge < -0.3 is 19.7 Å². The highest BCUT2D eigenvalue weighted by molar-refractivity contribution is 8.16. The molecule has 2 aliphatic rings. The molecule has 0 saturated carbocycles. The topological polar surface area (TPSA) is 114 Å². The van der Waals surface area contributed by atoms with Crippen LogP contribution in [0.1, 0.15) is 33.3 Å². The van der Waals surface area contributed by atoms with Crippen LogP contribution >= 0.6 is 11.8 Å². The van der Waals surface area contributed by atoms with Gasteiger partial charge in [0.05, 0.1) is 24.2 Å². The largest absolute Gasteiger partial charge is 0.494 e. The van der Waals surface area contributed by atoms with E-state index in [-0.39, 0.29) is 29.2 Å². The Hall–Kier alpha value is -3.05. The van der Waals surface area contributed by atoms with Gasteiger partial charge in [0, 0.05) is 17.4 Å². The van der Waals surface area contributed by atoms with Gasteiger partial charge in [-0.2, -0.15) is 4.99 Å². The van der Waals surface area contributed by atoms with Gasteiger partial charge in [0.2, 0.25) is 0 Å². The number of fused-ring (bicyclic) bond motifs is 1. The van der Waals surface area contributed by atoms with E-state index < -0.39 is 33.5 Å². The zero-order valence-corrected chi connectivity index (χ0v) is 23.6. The maximum absolute atomic E-state index is 13.5. The number of rotatable bonds is 7. The Kier molecular flexibility index (Phi) is 8.37. The molecule has 2 amide bonds. The summed E-state index contributed by atoms with van der Waals surface area (Å²) < 4.78 is 35.7. The number of alkyl carbamates (subject to hydrolysis) is 1. The van der Waals surface area contributed by atoms with Gasteiger partial charge in [0.1, 0.15) is 17.4 Å². The number of amidine groups is 1. The van der Waals surface area contributed by atoms with Crippen molar-refractivity contribution in [3.8, 4) is 5.75 Å². The minimum absolute atomic E-state index is 0.0192. The third-order valence-corrected chi connectivity index (χ3v) is 9.18. The summed E-state index contributed by atoms with van der Waals surface area (Å²) in [7, 11) is -3.21. The number of carbonyl (C=O) groups is 2. The predicted octanol–water partition coefficient (Wildman–Crippen LogP) is 3.82. The van der Waals surface area contributed by atoms with E-state index in [1.165, 1.54) is 11.8 Å². The predicted molar refractivity (Wildman–Crippen MR) is 150 cm³/mol. The minimum Gasteiger partial charge on any atom is -0.494 e. The fraction of sp³-hybridized carbons (Fsp3) is 0.444. The highest BCUT2D eigenvalue weighted by Gasteiger charge is 2.49. The number of benzene rings is 2. The molecule has 0 radical (unpaired) electrons. The fourth-order valence-corrected chi connectivity index (χ4v) is 8.33. The van der Waals surface area contributed by atoms with E-state index in [0.29, 0.717) is 17.5 Å². The third-order valence-electron chi connectivity index (χ3n) is 5.97. The molecular formula is C27H33N3O6S2.